The molecule has 8 heteroatoms. The molecule has 2 rings (SSSR count). The van der Waals surface area contributed by atoms with E-state index in [-0.39, 0.29) is 11.3 Å². The van der Waals surface area contributed by atoms with Gasteiger partial charge in [0.2, 0.25) is 0 Å². The molecule has 0 atom stereocenters. The monoisotopic (exact) mass is 279 g/mol. The van der Waals surface area contributed by atoms with E-state index < -0.39 is 11.1 Å². The van der Waals surface area contributed by atoms with Gasteiger partial charge in [-0.1, -0.05) is 0 Å². The summed E-state index contributed by atoms with van der Waals surface area (Å²) in [6.07, 6.45) is -2.94. The largest absolute Gasteiger partial charge is 0.426 e. The molecule has 0 unspecified atom stereocenters. The van der Waals surface area contributed by atoms with Gasteiger partial charge in [0.1, 0.15) is 9.90 Å². The first kappa shape index (κ1) is 12.3. The van der Waals surface area contributed by atoms with Crippen LogP contribution in [-0.4, -0.2) is 4.98 Å². The number of anilines is 1. The summed E-state index contributed by atoms with van der Waals surface area (Å²) in [6.45, 7) is 0. The number of aromatic amines is 1. The second-order valence-electron chi connectivity index (χ2n) is 3.22. The Labute approximate surface area is 103 Å². The smallest absolute Gasteiger partial charge is 0.396 e. The van der Waals surface area contributed by atoms with Crippen molar-refractivity contribution in [3.05, 3.63) is 22.5 Å². The molecule has 5 N–H and O–H groups in total. The number of nitrogen functional groups attached to an aromatic ring is 1. The molecule has 0 spiro atoms. The van der Waals surface area contributed by atoms with Crippen molar-refractivity contribution < 1.29 is 13.2 Å². The van der Waals surface area contributed by atoms with Crippen LogP contribution in [0.4, 0.5) is 18.9 Å². The van der Waals surface area contributed by atoms with E-state index in [1.54, 1.807) is 0 Å². The van der Waals surface area contributed by atoms with Crippen LogP contribution in [0.2, 0.25) is 0 Å². The van der Waals surface area contributed by atoms with Gasteiger partial charge in [0.25, 0.3) is 0 Å². The molecule has 0 radical (unpaired) electrons. The minimum absolute atomic E-state index is 0.0801. The van der Waals surface area contributed by atoms with Crippen molar-refractivity contribution in [1.82, 2.24) is 4.98 Å². The molecule has 0 fully saturated rings. The molecule has 92 valence electrons. The number of nitrogens with one attached hydrogen (secondary N) is 1. The fourth-order valence-corrected chi connectivity index (χ4v) is 2.62. The van der Waals surface area contributed by atoms with Crippen molar-refractivity contribution in [2.75, 3.05) is 5.73 Å². The number of aromatic nitrogens is 1. The first-order valence-electron chi connectivity index (χ1n) is 4.43. The topological polar surface area (TPSA) is 67.8 Å². The van der Waals surface area contributed by atoms with Crippen LogP contribution >= 0.6 is 23.3 Å². The van der Waals surface area contributed by atoms with E-state index in [1.165, 1.54) is 17.6 Å². The second kappa shape index (κ2) is 4.28. The van der Waals surface area contributed by atoms with E-state index >= 15 is 0 Å². The highest BCUT2D eigenvalue weighted by molar-refractivity contribution is 7.97. The van der Waals surface area contributed by atoms with Crippen molar-refractivity contribution in [2.24, 2.45) is 5.14 Å². The van der Waals surface area contributed by atoms with Crippen LogP contribution in [-0.2, 0) is 6.18 Å². The lowest BCUT2D eigenvalue weighted by molar-refractivity contribution is -0.133. The summed E-state index contributed by atoms with van der Waals surface area (Å²) in [6, 6.07) is 1.40. The minimum atomic E-state index is -4.37. The molecule has 2 heterocycles. The summed E-state index contributed by atoms with van der Waals surface area (Å²) in [5.41, 5.74) is 6.37. The number of alkyl halides is 3. The maximum atomic E-state index is 12.7. The van der Waals surface area contributed by atoms with Gasteiger partial charge < -0.3 is 10.7 Å². The van der Waals surface area contributed by atoms with Gasteiger partial charge >= 0.3 is 6.18 Å². The predicted molar refractivity (Wildman–Crippen MR) is 63.6 cm³/mol. The Kier molecular flexibility index (Phi) is 3.11. The first-order valence-corrected chi connectivity index (χ1v) is 6.19. The molecule has 0 aliphatic rings. The van der Waals surface area contributed by atoms with Crippen LogP contribution in [0.5, 0.6) is 0 Å². The summed E-state index contributed by atoms with van der Waals surface area (Å²) in [7, 11) is 0. The number of halogens is 3. The summed E-state index contributed by atoms with van der Waals surface area (Å²) >= 11 is 1.51. The van der Waals surface area contributed by atoms with E-state index in [0.29, 0.717) is 21.9 Å². The number of hydrogen-bond donors (Lipinski definition) is 3. The zero-order valence-electron chi connectivity index (χ0n) is 8.34. The zero-order chi connectivity index (χ0) is 12.6. The van der Waals surface area contributed by atoms with Crippen LogP contribution in [0, 0.1) is 0 Å². The standard InChI is InChI=1S/C9H8F3N3S2/c10-9(11,12)7-4(1-2-16-7)5-3-15-8(17-14)6(5)13/h1-3,15H,13-14H2. The Hall–Kier alpha value is -1.12. The van der Waals surface area contributed by atoms with Crippen molar-refractivity contribution in [2.45, 2.75) is 11.2 Å². The van der Waals surface area contributed by atoms with Crippen molar-refractivity contribution in [1.29, 1.82) is 0 Å². The van der Waals surface area contributed by atoms with Gasteiger partial charge in [-0.3, -0.25) is 5.14 Å². The van der Waals surface area contributed by atoms with E-state index in [1.807, 2.05) is 0 Å². The fraction of sp³-hybridized carbons (Fsp3) is 0.111. The molecule has 2 aromatic rings. The molecule has 0 saturated carbocycles. The predicted octanol–water partition coefficient (Wildman–Crippen LogP) is 3.31. The van der Waals surface area contributed by atoms with Gasteiger partial charge in [0, 0.05) is 17.3 Å². The van der Waals surface area contributed by atoms with Crippen molar-refractivity contribution in [3.8, 4) is 11.1 Å². The molecule has 17 heavy (non-hydrogen) atoms. The molecule has 3 nitrogen and oxygen atoms in total. The Morgan fingerprint density at radius 1 is 1.29 bits per heavy atom. The van der Waals surface area contributed by atoms with Crippen LogP contribution in [0.1, 0.15) is 4.88 Å². The lowest BCUT2D eigenvalue weighted by Gasteiger charge is -2.07. The van der Waals surface area contributed by atoms with Crippen molar-refractivity contribution >= 4 is 29.0 Å². The van der Waals surface area contributed by atoms with Gasteiger partial charge in [-0.15, -0.1) is 11.3 Å². The van der Waals surface area contributed by atoms with E-state index in [4.69, 9.17) is 10.9 Å². The van der Waals surface area contributed by atoms with Gasteiger partial charge in [0.15, 0.2) is 0 Å². The summed E-state index contributed by atoms with van der Waals surface area (Å²) < 4.78 is 38.2. The highest BCUT2D eigenvalue weighted by Gasteiger charge is 2.35. The van der Waals surface area contributed by atoms with E-state index in [0.717, 1.165) is 11.9 Å². The summed E-state index contributed by atoms with van der Waals surface area (Å²) in [5.74, 6) is 0. The maximum absolute atomic E-state index is 12.7. The van der Waals surface area contributed by atoms with Crippen LogP contribution in [0.25, 0.3) is 11.1 Å². The Balaban J connectivity index is 2.54. The third-order valence-electron chi connectivity index (χ3n) is 2.21. The molecule has 0 amide bonds. The minimum Gasteiger partial charge on any atom is -0.396 e. The molecular weight excluding hydrogens is 271 g/mol. The van der Waals surface area contributed by atoms with Crippen LogP contribution < -0.4 is 10.9 Å². The number of nitrogens with two attached hydrogens (primary N) is 2. The Bertz CT molecular complexity index is 530. The first-order chi connectivity index (χ1) is 7.95. The SMILES string of the molecule is NSc1[nH]cc(-c2ccsc2C(F)(F)F)c1N. The fourth-order valence-electron chi connectivity index (χ4n) is 1.48. The van der Waals surface area contributed by atoms with E-state index in [2.05, 4.69) is 4.98 Å². The highest BCUT2D eigenvalue weighted by atomic mass is 32.2. The summed E-state index contributed by atoms with van der Waals surface area (Å²) in [5, 5.41) is 7.17. The van der Waals surface area contributed by atoms with Crippen LogP contribution in [0.3, 0.4) is 0 Å². The number of thiophene rings is 1. The Morgan fingerprint density at radius 3 is 2.53 bits per heavy atom. The molecule has 0 aliphatic heterocycles. The van der Waals surface area contributed by atoms with Crippen molar-refractivity contribution in [3.63, 3.8) is 0 Å². The molecule has 0 saturated heterocycles. The van der Waals surface area contributed by atoms with Gasteiger partial charge in [-0.25, -0.2) is 0 Å². The van der Waals surface area contributed by atoms with Gasteiger partial charge in [-0.05, 0) is 23.4 Å². The molecule has 2 aromatic heterocycles. The quantitative estimate of drug-likeness (QED) is 0.739. The lowest BCUT2D eigenvalue weighted by Crippen LogP contribution is -2.03. The average molecular weight is 279 g/mol. The van der Waals surface area contributed by atoms with Gasteiger partial charge in [0.05, 0.1) is 5.69 Å². The zero-order valence-corrected chi connectivity index (χ0v) is 9.97. The molecule has 0 aliphatic carbocycles. The number of hydrogen-bond acceptors (Lipinski definition) is 4. The normalized spacial score (nSPS) is 12.0. The highest BCUT2D eigenvalue weighted by Crippen LogP contribution is 2.43. The molecular formula is C9H8F3N3S2. The third-order valence-corrected chi connectivity index (χ3v) is 3.75. The van der Waals surface area contributed by atoms with Crippen LogP contribution in [0.15, 0.2) is 22.7 Å². The van der Waals surface area contributed by atoms with E-state index in [9.17, 15) is 13.2 Å². The second-order valence-corrected chi connectivity index (χ2v) is 4.78. The molecule has 0 aromatic carbocycles. The van der Waals surface area contributed by atoms with Gasteiger partial charge in [-0.2, -0.15) is 13.2 Å². The number of rotatable bonds is 2. The average Bonchev–Trinajstić information content (AvgIpc) is 2.82. The third kappa shape index (κ3) is 2.15. The maximum Gasteiger partial charge on any atom is 0.426 e. The lowest BCUT2D eigenvalue weighted by atomic mass is 10.1. The Morgan fingerprint density at radius 2 is 2.00 bits per heavy atom. The molecule has 0 bridgehead atoms. The number of H-pyrrole nitrogens is 1. The summed E-state index contributed by atoms with van der Waals surface area (Å²) in [4.78, 5) is 2.09.